The summed E-state index contributed by atoms with van der Waals surface area (Å²) in [6.07, 6.45) is 0.843. The summed E-state index contributed by atoms with van der Waals surface area (Å²) in [6, 6.07) is 7.90. The van der Waals surface area contributed by atoms with Crippen LogP contribution in [0.15, 0.2) is 24.3 Å². The number of amides is 1. The first kappa shape index (κ1) is 14.2. The first-order valence-electron chi connectivity index (χ1n) is 6.51. The van der Waals surface area contributed by atoms with Gasteiger partial charge in [-0.25, -0.2) is 0 Å². The van der Waals surface area contributed by atoms with Gasteiger partial charge in [-0.15, -0.1) is 0 Å². The van der Waals surface area contributed by atoms with Crippen molar-refractivity contribution in [3.63, 3.8) is 0 Å². The Kier molecular flexibility index (Phi) is 5.54. The Labute approximate surface area is 118 Å². The Bertz CT molecular complexity index is 402. The highest BCUT2D eigenvalue weighted by Gasteiger charge is 2.19. The first-order valence-corrected chi connectivity index (χ1v) is 7.67. The molecule has 0 radical (unpaired) electrons. The normalized spacial score (nSPS) is 18.9. The predicted molar refractivity (Wildman–Crippen MR) is 78.8 cm³/mol. The number of hydrogen-bond donors (Lipinski definition) is 2. The highest BCUT2D eigenvalue weighted by molar-refractivity contribution is 7.99. The van der Waals surface area contributed by atoms with E-state index in [1.54, 1.807) is 7.11 Å². The van der Waals surface area contributed by atoms with Gasteiger partial charge in [0.2, 0.25) is 5.91 Å². The van der Waals surface area contributed by atoms with E-state index in [1.165, 1.54) is 5.56 Å². The van der Waals surface area contributed by atoms with Gasteiger partial charge in [0.25, 0.3) is 0 Å². The van der Waals surface area contributed by atoms with Crippen LogP contribution in [0.1, 0.15) is 5.56 Å². The maximum Gasteiger partial charge on any atom is 0.238 e. The molecule has 1 aliphatic heterocycles. The fourth-order valence-corrected chi connectivity index (χ4v) is 2.91. The van der Waals surface area contributed by atoms with Crippen LogP contribution in [0.5, 0.6) is 5.75 Å². The Hall–Kier alpha value is -1.20. The van der Waals surface area contributed by atoms with E-state index in [0.29, 0.717) is 6.54 Å². The quantitative estimate of drug-likeness (QED) is 0.847. The summed E-state index contributed by atoms with van der Waals surface area (Å²) in [6.45, 7) is 1.59. The molecule has 0 spiro atoms. The lowest BCUT2D eigenvalue weighted by molar-refractivity contribution is -0.122. The summed E-state index contributed by atoms with van der Waals surface area (Å²) in [7, 11) is 1.66. The fourth-order valence-electron chi connectivity index (χ4n) is 1.98. The van der Waals surface area contributed by atoms with Gasteiger partial charge in [0.05, 0.1) is 13.2 Å². The van der Waals surface area contributed by atoms with Crippen LogP contribution in [0, 0.1) is 0 Å². The maximum absolute atomic E-state index is 11.9. The van der Waals surface area contributed by atoms with Gasteiger partial charge >= 0.3 is 0 Å². The van der Waals surface area contributed by atoms with Crippen molar-refractivity contribution in [2.45, 2.75) is 12.5 Å². The van der Waals surface area contributed by atoms with Gasteiger partial charge in [-0.2, -0.15) is 11.8 Å². The molecule has 0 aromatic heterocycles. The molecule has 2 rings (SSSR count). The molecule has 5 heteroatoms. The van der Waals surface area contributed by atoms with Gasteiger partial charge in [0.15, 0.2) is 0 Å². The Morgan fingerprint density at radius 3 is 2.89 bits per heavy atom. The highest BCUT2D eigenvalue weighted by Crippen LogP contribution is 2.11. The lowest BCUT2D eigenvalue weighted by atomic mass is 10.1. The molecular formula is C14H20N2O2S. The topological polar surface area (TPSA) is 50.4 Å². The average Bonchev–Trinajstić information content (AvgIpc) is 2.49. The zero-order valence-electron chi connectivity index (χ0n) is 11.1. The smallest absolute Gasteiger partial charge is 0.238 e. The number of ether oxygens (including phenoxy) is 1. The van der Waals surface area contributed by atoms with Crippen LogP contribution in [-0.2, 0) is 11.2 Å². The fraction of sp³-hybridized carbons (Fsp3) is 0.500. The minimum atomic E-state index is -0.0328. The molecule has 1 atom stereocenters. The number of nitrogens with one attached hydrogen (secondary N) is 2. The molecule has 1 amide bonds. The lowest BCUT2D eigenvalue weighted by Gasteiger charge is -2.22. The molecule has 2 N–H and O–H groups in total. The van der Waals surface area contributed by atoms with Gasteiger partial charge in [-0.1, -0.05) is 12.1 Å². The van der Waals surface area contributed by atoms with Crippen LogP contribution in [-0.4, -0.2) is 43.7 Å². The van der Waals surface area contributed by atoms with Crippen molar-refractivity contribution in [3.05, 3.63) is 29.8 Å². The third-order valence-electron chi connectivity index (χ3n) is 3.11. The number of thioether (sulfide) groups is 1. The van der Waals surface area contributed by atoms with Gasteiger partial charge in [-0.3, -0.25) is 4.79 Å². The third kappa shape index (κ3) is 4.44. The largest absolute Gasteiger partial charge is 0.497 e. The van der Waals surface area contributed by atoms with E-state index in [0.717, 1.165) is 30.2 Å². The Morgan fingerprint density at radius 1 is 1.47 bits per heavy atom. The van der Waals surface area contributed by atoms with Gasteiger partial charge in [0.1, 0.15) is 5.75 Å². The second-order valence-corrected chi connectivity index (χ2v) is 5.62. The van der Waals surface area contributed by atoms with E-state index in [1.807, 2.05) is 36.0 Å². The van der Waals surface area contributed by atoms with E-state index in [9.17, 15) is 4.79 Å². The number of methoxy groups -OCH3 is 1. The summed E-state index contributed by atoms with van der Waals surface area (Å²) in [5, 5.41) is 6.22. The molecule has 0 bridgehead atoms. The molecule has 19 heavy (non-hydrogen) atoms. The van der Waals surface area contributed by atoms with E-state index >= 15 is 0 Å². The van der Waals surface area contributed by atoms with Crippen molar-refractivity contribution in [3.8, 4) is 5.75 Å². The maximum atomic E-state index is 11.9. The molecule has 104 valence electrons. The monoisotopic (exact) mass is 280 g/mol. The summed E-state index contributed by atoms with van der Waals surface area (Å²) in [5.41, 5.74) is 1.20. The average molecular weight is 280 g/mol. The van der Waals surface area contributed by atoms with E-state index < -0.39 is 0 Å². The van der Waals surface area contributed by atoms with E-state index in [4.69, 9.17) is 4.74 Å². The van der Waals surface area contributed by atoms with Crippen molar-refractivity contribution in [1.82, 2.24) is 10.6 Å². The van der Waals surface area contributed by atoms with E-state index in [2.05, 4.69) is 10.6 Å². The van der Waals surface area contributed by atoms with Crippen LogP contribution in [0.2, 0.25) is 0 Å². The molecule has 1 unspecified atom stereocenters. The van der Waals surface area contributed by atoms with Gasteiger partial charge < -0.3 is 15.4 Å². The van der Waals surface area contributed by atoms with Crippen molar-refractivity contribution in [2.24, 2.45) is 0 Å². The molecule has 1 heterocycles. The summed E-state index contributed by atoms with van der Waals surface area (Å²) in [4.78, 5) is 11.9. The zero-order valence-corrected chi connectivity index (χ0v) is 12.0. The first-order chi connectivity index (χ1) is 9.29. The molecule has 1 aliphatic rings. The zero-order chi connectivity index (χ0) is 13.5. The number of rotatable bonds is 5. The summed E-state index contributed by atoms with van der Waals surface area (Å²) >= 11 is 1.83. The third-order valence-corrected chi connectivity index (χ3v) is 4.17. The molecule has 4 nitrogen and oxygen atoms in total. The molecule has 1 fully saturated rings. The molecule has 1 aromatic rings. The van der Waals surface area contributed by atoms with Crippen molar-refractivity contribution < 1.29 is 9.53 Å². The molecule has 0 aliphatic carbocycles. The lowest BCUT2D eigenvalue weighted by Crippen LogP contribution is -2.49. The second-order valence-electron chi connectivity index (χ2n) is 4.47. The van der Waals surface area contributed by atoms with Gasteiger partial charge in [0, 0.05) is 24.6 Å². The molecular weight excluding hydrogens is 260 g/mol. The molecule has 1 aromatic carbocycles. The minimum Gasteiger partial charge on any atom is -0.497 e. The SMILES string of the molecule is COc1ccc(CCNC(=O)C2CSCCN2)cc1. The number of hydrogen-bond acceptors (Lipinski definition) is 4. The standard InChI is InChI=1S/C14H20N2O2S/c1-18-12-4-2-11(3-5-12)6-7-16-14(17)13-10-19-9-8-15-13/h2-5,13,15H,6-10H2,1H3,(H,16,17). The van der Waals surface area contributed by atoms with Crippen molar-refractivity contribution >= 4 is 17.7 Å². The molecule has 1 saturated heterocycles. The van der Waals surface area contributed by atoms with Gasteiger partial charge in [-0.05, 0) is 24.1 Å². The number of benzene rings is 1. The van der Waals surface area contributed by atoms with Crippen LogP contribution in [0.4, 0.5) is 0 Å². The second kappa shape index (κ2) is 7.40. The Morgan fingerprint density at radius 2 is 2.26 bits per heavy atom. The number of carbonyl (C=O) groups excluding carboxylic acids is 1. The van der Waals surface area contributed by atoms with Crippen molar-refractivity contribution in [1.29, 1.82) is 0 Å². The van der Waals surface area contributed by atoms with Crippen molar-refractivity contribution in [2.75, 3.05) is 31.7 Å². The number of carbonyl (C=O) groups is 1. The summed E-state index contributed by atoms with van der Waals surface area (Å²) in [5.74, 6) is 2.93. The van der Waals surface area contributed by atoms with Crippen LogP contribution >= 0.6 is 11.8 Å². The summed E-state index contributed by atoms with van der Waals surface area (Å²) < 4.78 is 5.11. The minimum absolute atomic E-state index is 0.0328. The predicted octanol–water partition coefficient (Wildman–Crippen LogP) is 1.06. The van der Waals surface area contributed by atoms with Crippen LogP contribution < -0.4 is 15.4 Å². The molecule has 0 saturated carbocycles. The van der Waals surface area contributed by atoms with Crippen LogP contribution in [0.3, 0.4) is 0 Å². The van der Waals surface area contributed by atoms with E-state index in [-0.39, 0.29) is 11.9 Å². The Balaban J connectivity index is 1.71. The van der Waals surface area contributed by atoms with Crippen LogP contribution in [0.25, 0.3) is 0 Å². The highest BCUT2D eigenvalue weighted by atomic mass is 32.2.